The number of allylic oxidation sites excluding steroid dienone is 2. The molecule has 209 valence electrons. The molecule has 0 aliphatic heterocycles. The summed E-state index contributed by atoms with van der Waals surface area (Å²) < 4.78 is 1.36. The van der Waals surface area contributed by atoms with Crippen LogP contribution in [-0.2, 0) is 37.7 Å². The van der Waals surface area contributed by atoms with Gasteiger partial charge in [0.1, 0.15) is 0 Å². The molecule has 0 unspecified atom stereocenters. The van der Waals surface area contributed by atoms with E-state index in [4.69, 9.17) is 4.98 Å². The summed E-state index contributed by atoms with van der Waals surface area (Å²) in [6, 6.07) is 18.4. The van der Waals surface area contributed by atoms with Crippen LogP contribution >= 0.6 is 11.3 Å². The van der Waals surface area contributed by atoms with Crippen LogP contribution in [0.1, 0.15) is 76.7 Å². The Kier molecular flexibility index (Phi) is 11.9. The number of thiophene rings is 1. The standard InChI is InChI=1S/C21H16NS.C13H24O2.Ir/c1-2-7-15-13-22-19(12-14(15)6-1)18-10-5-9-17-16-8-3-4-11-20(16)23-21(17)18;1-5-10(6-2)12(14)9-13(15)11(7-3)8-4;/h1-2,5-7,9,12-13H,3-4,8,11H2;9-11,14H,5-8H2,1-4H3;/q-1;;/b;12-9-;. The summed E-state index contributed by atoms with van der Waals surface area (Å²) in [4.78, 5) is 18.0. The number of rotatable bonds is 8. The normalized spacial score (nSPS) is 13.2. The van der Waals surface area contributed by atoms with Gasteiger partial charge in [-0.05, 0) is 83.0 Å². The molecular weight excluding hydrogens is 679 g/mol. The third kappa shape index (κ3) is 7.25. The minimum absolute atomic E-state index is 0. The van der Waals surface area contributed by atoms with Crippen molar-refractivity contribution >= 4 is 38.0 Å². The second-order valence-corrected chi connectivity index (χ2v) is 11.3. The van der Waals surface area contributed by atoms with Gasteiger partial charge in [-0.1, -0.05) is 63.4 Å². The van der Waals surface area contributed by atoms with Crippen molar-refractivity contribution in [2.24, 2.45) is 11.8 Å². The van der Waals surface area contributed by atoms with Crippen LogP contribution < -0.4 is 0 Å². The summed E-state index contributed by atoms with van der Waals surface area (Å²) in [5.41, 5.74) is 3.77. The van der Waals surface area contributed by atoms with Gasteiger partial charge in [-0.25, -0.2) is 0 Å². The first-order chi connectivity index (χ1) is 18.5. The van der Waals surface area contributed by atoms with E-state index in [0.29, 0.717) is 0 Å². The molecular formula is C34H40IrNO2S-. The molecule has 2 aromatic carbocycles. The molecule has 5 rings (SSSR count). The summed E-state index contributed by atoms with van der Waals surface area (Å²) in [6.07, 6.45) is 12.0. The number of aliphatic hydroxyl groups is 1. The molecule has 0 saturated carbocycles. The van der Waals surface area contributed by atoms with Crippen molar-refractivity contribution in [3.05, 3.63) is 77.0 Å². The van der Waals surface area contributed by atoms with Crippen molar-refractivity contribution in [1.82, 2.24) is 4.98 Å². The summed E-state index contributed by atoms with van der Waals surface area (Å²) in [5, 5.41) is 13.6. The molecule has 0 spiro atoms. The maximum absolute atomic E-state index is 11.7. The SMILES string of the molecule is CCC(CC)C(=O)/C=C(\O)C(CC)CC.[Ir].[c-]1ccc2c3c(sc2c1-c1cc2ccccc2cn1)CCCC3. The summed E-state index contributed by atoms with van der Waals surface area (Å²) >= 11 is 1.96. The number of aromatic nitrogens is 1. The van der Waals surface area contributed by atoms with Gasteiger partial charge >= 0.3 is 0 Å². The second-order valence-electron chi connectivity index (χ2n) is 10.2. The molecule has 0 bridgehead atoms. The van der Waals surface area contributed by atoms with Gasteiger partial charge in [0.25, 0.3) is 0 Å². The van der Waals surface area contributed by atoms with Crippen LogP contribution in [0, 0.1) is 17.9 Å². The molecule has 2 heterocycles. The van der Waals surface area contributed by atoms with Gasteiger partial charge in [0.2, 0.25) is 0 Å². The molecule has 0 amide bonds. The van der Waals surface area contributed by atoms with Crippen molar-refractivity contribution in [2.45, 2.75) is 79.1 Å². The van der Waals surface area contributed by atoms with Crippen LogP contribution in [0.25, 0.3) is 32.1 Å². The third-order valence-electron chi connectivity index (χ3n) is 7.89. The largest absolute Gasteiger partial charge is 0.512 e. The Bertz CT molecular complexity index is 1420. The maximum Gasteiger partial charge on any atom is 0.162 e. The van der Waals surface area contributed by atoms with Crippen molar-refractivity contribution < 1.29 is 30.0 Å². The molecule has 1 aliphatic carbocycles. The maximum atomic E-state index is 11.7. The van der Waals surface area contributed by atoms with Crippen LogP contribution in [0.4, 0.5) is 0 Å². The van der Waals surface area contributed by atoms with Gasteiger partial charge in [-0.2, -0.15) is 11.3 Å². The van der Waals surface area contributed by atoms with Crippen molar-refractivity contribution in [3.8, 4) is 11.3 Å². The molecule has 1 N–H and O–H groups in total. The van der Waals surface area contributed by atoms with E-state index in [1.807, 2.05) is 45.2 Å². The number of hydrogen-bond donors (Lipinski definition) is 1. The monoisotopic (exact) mass is 719 g/mol. The first-order valence-corrected chi connectivity index (χ1v) is 15.1. The number of benzene rings is 2. The number of hydrogen-bond acceptors (Lipinski definition) is 4. The topological polar surface area (TPSA) is 50.2 Å². The quantitative estimate of drug-likeness (QED) is 0.112. The van der Waals surface area contributed by atoms with E-state index < -0.39 is 0 Å². The number of aryl methyl sites for hydroxylation is 2. The number of nitrogens with zero attached hydrogens (tertiary/aromatic N) is 1. The summed E-state index contributed by atoms with van der Waals surface area (Å²) in [7, 11) is 0. The van der Waals surface area contributed by atoms with Crippen LogP contribution in [0.3, 0.4) is 0 Å². The van der Waals surface area contributed by atoms with Gasteiger partial charge in [-0.15, -0.1) is 23.8 Å². The summed E-state index contributed by atoms with van der Waals surface area (Å²) in [6.45, 7) is 8.07. The van der Waals surface area contributed by atoms with Gasteiger partial charge in [0, 0.05) is 44.2 Å². The second kappa shape index (κ2) is 14.9. The van der Waals surface area contributed by atoms with Crippen molar-refractivity contribution in [3.63, 3.8) is 0 Å². The average Bonchev–Trinajstić information content (AvgIpc) is 3.33. The molecule has 1 radical (unpaired) electrons. The van der Waals surface area contributed by atoms with E-state index in [-0.39, 0.29) is 43.5 Å². The van der Waals surface area contributed by atoms with E-state index in [1.165, 1.54) is 52.6 Å². The van der Waals surface area contributed by atoms with Crippen molar-refractivity contribution in [2.75, 3.05) is 0 Å². The molecule has 0 fully saturated rings. The molecule has 3 nitrogen and oxygen atoms in total. The van der Waals surface area contributed by atoms with Crippen LogP contribution in [0.2, 0.25) is 0 Å². The molecule has 1 aliphatic rings. The zero-order valence-electron chi connectivity index (χ0n) is 23.6. The number of pyridine rings is 1. The minimum Gasteiger partial charge on any atom is -0.512 e. The van der Waals surface area contributed by atoms with Crippen LogP contribution in [0.5, 0.6) is 0 Å². The average molecular weight is 719 g/mol. The first kappa shape index (κ1) is 31.2. The zero-order valence-corrected chi connectivity index (χ0v) is 26.8. The Morgan fingerprint density at radius 3 is 2.36 bits per heavy atom. The number of carbonyl (C=O) groups excluding carboxylic acids is 1. The fourth-order valence-corrected chi connectivity index (χ4v) is 6.81. The fourth-order valence-electron chi connectivity index (χ4n) is 5.42. The van der Waals surface area contributed by atoms with Gasteiger partial charge < -0.3 is 10.1 Å². The number of carbonyl (C=O) groups is 1. The van der Waals surface area contributed by atoms with E-state index in [9.17, 15) is 9.90 Å². The smallest absolute Gasteiger partial charge is 0.162 e. The Hall–Kier alpha value is -2.33. The summed E-state index contributed by atoms with van der Waals surface area (Å²) in [5.74, 6) is 0.547. The molecule has 4 aromatic rings. The van der Waals surface area contributed by atoms with Gasteiger partial charge in [0.05, 0.1) is 5.76 Å². The molecule has 5 heteroatoms. The third-order valence-corrected chi connectivity index (χ3v) is 9.21. The number of fused-ring (bicyclic) bond motifs is 4. The predicted molar refractivity (Wildman–Crippen MR) is 162 cm³/mol. The van der Waals surface area contributed by atoms with Gasteiger partial charge in [0.15, 0.2) is 5.78 Å². The Labute approximate surface area is 251 Å². The van der Waals surface area contributed by atoms with Crippen molar-refractivity contribution in [1.29, 1.82) is 0 Å². The minimum atomic E-state index is 0. The predicted octanol–water partition coefficient (Wildman–Crippen LogP) is 9.66. The van der Waals surface area contributed by atoms with E-state index in [2.05, 4.69) is 48.5 Å². The fraction of sp³-hybridized carbons (Fsp3) is 0.412. The van der Waals surface area contributed by atoms with Gasteiger partial charge in [-0.3, -0.25) is 4.79 Å². The molecule has 0 saturated heterocycles. The Morgan fingerprint density at radius 2 is 1.67 bits per heavy atom. The molecule has 0 atom stereocenters. The first-order valence-electron chi connectivity index (χ1n) is 14.2. The van der Waals surface area contributed by atoms with E-state index >= 15 is 0 Å². The van der Waals surface area contributed by atoms with Crippen LogP contribution in [0.15, 0.2) is 60.5 Å². The van der Waals surface area contributed by atoms with E-state index in [0.717, 1.165) is 36.9 Å². The number of ketones is 1. The Balaban J connectivity index is 0.000000233. The molecule has 2 aromatic heterocycles. The molecule has 39 heavy (non-hydrogen) atoms. The van der Waals surface area contributed by atoms with E-state index in [1.54, 1.807) is 10.4 Å². The number of aliphatic hydroxyl groups excluding tert-OH is 1. The zero-order chi connectivity index (χ0) is 27.1. The Morgan fingerprint density at radius 1 is 1.00 bits per heavy atom. The van der Waals surface area contributed by atoms with Crippen LogP contribution in [-0.4, -0.2) is 15.9 Å².